The van der Waals surface area contributed by atoms with Crippen LogP contribution >= 0.6 is 24.8 Å². The maximum absolute atomic E-state index is 10.9. The lowest BCUT2D eigenvalue weighted by atomic mass is 10.2. The van der Waals surface area contributed by atoms with Gasteiger partial charge in [0.15, 0.2) is 0 Å². The minimum Gasteiger partial charge on any atom is -0.489 e. The normalized spacial score (nSPS) is 22.1. The van der Waals surface area contributed by atoms with Gasteiger partial charge in [-0.3, -0.25) is 4.79 Å². The fourth-order valence-corrected chi connectivity index (χ4v) is 1.70. The maximum atomic E-state index is 10.9. The highest BCUT2D eigenvalue weighted by atomic mass is 35.5. The molecule has 1 fully saturated rings. The molecule has 3 N–H and O–H groups in total. The molecule has 1 aromatic rings. The smallest absolute Gasteiger partial charge is 0.234 e. The Morgan fingerprint density at radius 2 is 1.94 bits per heavy atom. The molecule has 17 heavy (non-hydrogen) atoms. The molecule has 1 aliphatic rings. The molecule has 0 spiro atoms. The van der Waals surface area contributed by atoms with Crippen molar-refractivity contribution in [2.24, 2.45) is 5.73 Å². The predicted molar refractivity (Wildman–Crippen MR) is 71.0 cm³/mol. The van der Waals surface area contributed by atoms with E-state index in [0.29, 0.717) is 13.0 Å². The van der Waals surface area contributed by atoms with Gasteiger partial charge in [-0.2, -0.15) is 0 Å². The molecule has 1 unspecified atom stereocenters. The summed E-state index contributed by atoms with van der Waals surface area (Å²) < 4.78 is 5.69. The number of nitrogens with two attached hydrogens (primary N) is 1. The van der Waals surface area contributed by atoms with Gasteiger partial charge in [0.25, 0.3) is 0 Å². The number of para-hydroxylation sites is 1. The van der Waals surface area contributed by atoms with Crippen LogP contribution in [0.15, 0.2) is 30.3 Å². The average molecular weight is 279 g/mol. The van der Waals surface area contributed by atoms with Crippen molar-refractivity contribution >= 4 is 30.7 Å². The zero-order chi connectivity index (χ0) is 10.7. The third-order valence-corrected chi connectivity index (χ3v) is 2.48. The van der Waals surface area contributed by atoms with E-state index in [1.54, 1.807) is 0 Å². The molecule has 1 heterocycles. The first kappa shape index (κ1) is 16.0. The molecule has 1 amide bonds. The fraction of sp³-hybridized carbons (Fsp3) is 0.364. The topological polar surface area (TPSA) is 64.4 Å². The highest BCUT2D eigenvalue weighted by Gasteiger charge is 2.28. The largest absolute Gasteiger partial charge is 0.489 e. The van der Waals surface area contributed by atoms with Gasteiger partial charge in [0.2, 0.25) is 5.91 Å². The molecule has 4 nitrogen and oxygen atoms in total. The number of ether oxygens (including phenoxy) is 1. The molecule has 0 aromatic heterocycles. The lowest BCUT2D eigenvalue weighted by Gasteiger charge is -2.12. The number of rotatable bonds is 3. The van der Waals surface area contributed by atoms with Gasteiger partial charge < -0.3 is 15.8 Å². The van der Waals surface area contributed by atoms with Crippen LogP contribution in [0.4, 0.5) is 0 Å². The van der Waals surface area contributed by atoms with E-state index in [0.717, 1.165) is 5.75 Å². The van der Waals surface area contributed by atoms with Crippen molar-refractivity contribution in [1.29, 1.82) is 0 Å². The van der Waals surface area contributed by atoms with Crippen molar-refractivity contribution in [2.45, 2.75) is 18.6 Å². The number of hydrogen-bond acceptors (Lipinski definition) is 3. The summed E-state index contributed by atoms with van der Waals surface area (Å²) in [6.07, 6.45) is 0.675. The first-order valence-corrected chi connectivity index (χ1v) is 5.00. The Morgan fingerprint density at radius 1 is 1.29 bits per heavy atom. The van der Waals surface area contributed by atoms with Crippen LogP contribution in [0.3, 0.4) is 0 Å². The molecule has 96 valence electrons. The molecule has 1 saturated heterocycles. The van der Waals surface area contributed by atoms with Crippen LogP contribution in [0.25, 0.3) is 0 Å². The number of amides is 1. The molecule has 0 bridgehead atoms. The number of benzene rings is 1. The number of carbonyl (C=O) groups is 1. The Hall–Kier alpha value is -0.970. The fourth-order valence-electron chi connectivity index (χ4n) is 1.70. The SMILES string of the molecule is Cl.Cl.NC(=O)[C@@H]1CC(Oc2ccccc2)CN1. The zero-order valence-electron chi connectivity index (χ0n) is 9.17. The van der Waals surface area contributed by atoms with Crippen molar-refractivity contribution in [1.82, 2.24) is 5.32 Å². The summed E-state index contributed by atoms with van der Waals surface area (Å²) in [6.45, 7) is 0.669. The monoisotopic (exact) mass is 278 g/mol. The first-order valence-electron chi connectivity index (χ1n) is 5.00. The Morgan fingerprint density at radius 3 is 2.47 bits per heavy atom. The standard InChI is InChI=1S/C11H14N2O2.2ClH/c12-11(14)10-6-9(7-13-10)15-8-4-2-1-3-5-8;;/h1-5,9-10,13H,6-7H2,(H2,12,14);2*1H/t9?,10-;;/m0../s1. The Bertz CT molecular complexity index is 349. The third kappa shape index (κ3) is 4.42. The Kier molecular flexibility index (Phi) is 6.95. The molecular formula is C11H16Cl2N2O2. The Labute approximate surface area is 113 Å². The summed E-state index contributed by atoms with van der Waals surface area (Å²) in [7, 11) is 0. The van der Waals surface area contributed by atoms with Crippen LogP contribution in [0, 0.1) is 0 Å². The molecule has 2 rings (SSSR count). The van der Waals surface area contributed by atoms with Gasteiger partial charge in [-0.15, -0.1) is 24.8 Å². The Balaban J connectivity index is 0.00000128. The van der Waals surface area contributed by atoms with E-state index in [1.807, 2.05) is 30.3 Å². The second-order valence-corrected chi connectivity index (χ2v) is 3.65. The average Bonchev–Trinajstić information content (AvgIpc) is 2.68. The van der Waals surface area contributed by atoms with Gasteiger partial charge in [0.1, 0.15) is 11.9 Å². The van der Waals surface area contributed by atoms with Crippen LogP contribution in [-0.4, -0.2) is 24.6 Å². The van der Waals surface area contributed by atoms with Crippen LogP contribution < -0.4 is 15.8 Å². The molecule has 0 saturated carbocycles. The van der Waals surface area contributed by atoms with Gasteiger partial charge in [-0.1, -0.05) is 18.2 Å². The highest BCUT2D eigenvalue weighted by molar-refractivity contribution is 5.85. The van der Waals surface area contributed by atoms with Gasteiger partial charge in [0, 0.05) is 13.0 Å². The van der Waals surface area contributed by atoms with Gasteiger partial charge >= 0.3 is 0 Å². The predicted octanol–water partition coefficient (Wildman–Crippen LogP) is 1.12. The molecule has 0 radical (unpaired) electrons. The van der Waals surface area contributed by atoms with Crippen molar-refractivity contribution in [3.8, 4) is 5.75 Å². The van der Waals surface area contributed by atoms with Gasteiger partial charge in [-0.05, 0) is 12.1 Å². The maximum Gasteiger partial charge on any atom is 0.234 e. The zero-order valence-corrected chi connectivity index (χ0v) is 10.8. The van der Waals surface area contributed by atoms with Crippen LogP contribution in [0.1, 0.15) is 6.42 Å². The van der Waals surface area contributed by atoms with Gasteiger partial charge in [-0.25, -0.2) is 0 Å². The number of carbonyl (C=O) groups excluding carboxylic acids is 1. The number of primary amides is 1. The third-order valence-electron chi connectivity index (χ3n) is 2.48. The molecule has 1 aromatic carbocycles. The quantitative estimate of drug-likeness (QED) is 0.871. The van der Waals surface area contributed by atoms with E-state index in [9.17, 15) is 4.79 Å². The number of halogens is 2. The molecule has 0 aliphatic carbocycles. The van der Waals surface area contributed by atoms with E-state index >= 15 is 0 Å². The second-order valence-electron chi connectivity index (χ2n) is 3.65. The molecular weight excluding hydrogens is 263 g/mol. The summed E-state index contributed by atoms with van der Waals surface area (Å²) in [5, 5.41) is 3.03. The lowest BCUT2D eigenvalue weighted by Crippen LogP contribution is -2.36. The van der Waals surface area contributed by atoms with Crippen molar-refractivity contribution in [3.63, 3.8) is 0 Å². The second kappa shape index (κ2) is 7.37. The summed E-state index contributed by atoms with van der Waals surface area (Å²) in [6, 6.07) is 9.33. The van der Waals surface area contributed by atoms with Crippen LogP contribution in [0.5, 0.6) is 5.75 Å². The van der Waals surface area contributed by atoms with E-state index in [-0.39, 0.29) is 42.9 Å². The van der Waals surface area contributed by atoms with E-state index in [1.165, 1.54) is 0 Å². The summed E-state index contributed by atoms with van der Waals surface area (Å²) in [4.78, 5) is 10.9. The van der Waals surface area contributed by atoms with E-state index in [4.69, 9.17) is 10.5 Å². The highest BCUT2D eigenvalue weighted by Crippen LogP contribution is 2.16. The lowest BCUT2D eigenvalue weighted by molar-refractivity contribution is -0.119. The van der Waals surface area contributed by atoms with Crippen LogP contribution in [-0.2, 0) is 4.79 Å². The van der Waals surface area contributed by atoms with Crippen LogP contribution in [0.2, 0.25) is 0 Å². The van der Waals surface area contributed by atoms with Gasteiger partial charge in [0.05, 0.1) is 6.04 Å². The summed E-state index contributed by atoms with van der Waals surface area (Å²) in [5.41, 5.74) is 5.20. The first-order chi connectivity index (χ1) is 7.25. The minimum absolute atomic E-state index is 0. The molecule has 2 atom stereocenters. The summed E-state index contributed by atoms with van der Waals surface area (Å²) >= 11 is 0. The molecule has 1 aliphatic heterocycles. The number of nitrogens with one attached hydrogen (secondary N) is 1. The van der Waals surface area contributed by atoms with E-state index < -0.39 is 0 Å². The van der Waals surface area contributed by atoms with E-state index in [2.05, 4.69) is 5.32 Å². The van der Waals surface area contributed by atoms with Crippen molar-refractivity contribution in [3.05, 3.63) is 30.3 Å². The summed E-state index contributed by atoms with van der Waals surface area (Å²) in [5.74, 6) is 0.517. The number of hydrogen-bond donors (Lipinski definition) is 2. The molecule has 6 heteroatoms. The minimum atomic E-state index is -0.311. The van der Waals surface area contributed by atoms with Crippen molar-refractivity contribution < 1.29 is 9.53 Å². The van der Waals surface area contributed by atoms with Crippen molar-refractivity contribution in [2.75, 3.05) is 6.54 Å².